The standard InChI is InChI=1S/2C20H18O6/c2*1-20-11-5-3-8-9(4-6-12(8)21)13(11)16(23)17-14(20)10(7-26-17)15(22)18(25-2)19(20)24/h2*3,5,7,15,18-19,22,24H,4,6H2,1-2H3/t2*15-,18-,19-,20-/m11/s1. The summed E-state index contributed by atoms with van der Waals surface area (Å²) >= 11 is 0. The van der Waals surface area contributed by atoms with Crippen molar-refractivity contribution in [3.63, 3.8) is 0 Å². The highest BCUT2D eigenvalue weighted by molar-refractivity contribution is 6.16. The van der Waals surface area contributed by atoms with Crippen LogP contribution in [0.1, 0.15) is 136 Å². The van der Waals surface area contributed by atoms with Crippen LogP contribution in [-0.4, -0.2) is 82.2 Å². The molecule has 0 unspecified atom stereocenters. The third-order valence-electron chi connectivity index (χ3n) is 12.7. The molecule has 0 radical (unpaired) electrons. The minimum absolute atomic E-state index is 0.0288. The lowest BCUT2D eigenvalue weighted by molar-refractivity contribution is -0.112. The van der Waals surface area contributed by atoms with Crippen LogP contribution in [0.15, 0.2) is 45.6 Å². The number of Topliss-reactive ketones (excluding diaryl/α,β-unsaturated/α-hetero) is 2. The second-order valence-electron chi connectivity index (χ2n) is 14.9. The third kappa shape index (κ3) is 3.81. The Hall–Kier alpha value is -4.56. The number of furan rings is 2. The molecule has 0 bridgehead atoms. The Morgan fingerprint density at radius 1 is 0.615 bits per heavy atom. The number of carbonyl (C=O) groups is 4. The zero-order chi connectivity index (χ0) is 36.8. The molecule has 2 heterocycles. The fourth-order valence-electron chi connectivity index (χ4n) is 10.0. The van der Waals surface area contributed by atoms with Gasteiger partial charge in [-0.15, -0.1) is 0 Å². The molecule has 4 aromatic rings. The van der Waals surface area contributed by atoms with Gasteiger partial charge in [0.2, 0.25) is 11.6 Å². The topological polar surface area (TPSA) is 194 Å². The lowest BCUT2D eigenvalue weighted by Crippen LogP contribution is -2.55. The summed E-state index contributed by atoms with van der Waals surface area (Å²) in [6.45, 7) is 3.67. The average molecular weight is 709 g/mol. The summed E-state index contributed by atoms with van der Waals surface area (Å²) in [7, 11) is 2.87. The van der Waals surface area contributed by atoms with Crippen LogP contribution in [-0.2, 0) is 33.1 Å². The van der Waals surface area contributed by atoms with Crippen molar-refractivity contribution >= 4 is 23.1 Å². The second-order valence-corrected chi connectivity index (χ2v) is 14.9. The second kappa shape index (κ2) is 11.0. The number of fused-ring (bicyclic) bond motifs is 8. The highest BCUT2D eigenvalue weighted by atomic mass is 16.5. The van der Waals surface area contributed by atoms with Crippen LogP contribution in [0.3, 0.4) is 0 Å². The zero-order valence-electron chi connectivity index (χ0n) is 28.8. The van der Waals surface area contributed by atoms with E-state index in [-0.39, 0.29) is 34.7 Å². The molecule has 12 nitrogen and oxygen atoms in total. The average Bonchev–Trinajstić information content (AvgIpc) is 3.95. The predicted octanol–water partition coefficient (Wildman–Crippen LogP) is 3.36. The number of ketones is 4. The first kappa shape index (κ1) is 33.3. The molecule has 52 heavy (non-hydrogen) atoms. The SMILES string of the molecule is CO[C@@H]1[C@H](O)c2coc3c2[C@@](C)(c2ccc4c(c2C3=O)CCC4=O)[C@@H]1O.CO[C@@H]1[C@H](O)c2coc3c2[C@@](C)(c2ccc4c(c2C3=O)CCC4=O)[C@@H]1O. The fraction of sp³-hybridized carbons (Fsp3) is 0.400. The van der Waals surface area contributed by atoms with Crippen LogP contribution >= 0.6 is 0 Å². The summed E-state index contributed by atoms with van der Waals surface area (Å²) in [5, 5.41) is 43.4. The lowest BCUT2D eigenvalue weighted by atomic mass is 9.59. The van der Waals surface area contributed by atoms with Gasteiger partial charge in [0.05, 0.1) is 35.6 Å². The highest BCUT2D eigenvalue weighted by Crippen LogP contribution is 2.56. The van der Waals surface area contributed by atoms with E-state index in [1.165, 1.54) is 26.7 Å². The first-order valence-corrected chi connectivity index (χ1v) is 17.3. The molecule has 0 saturated heterocycles. The van der Waals surface area contributed by atoms with Gasteiger partial charge >= 0.3 is 0 Å². The maximum absolute atomic E-state index is 13.2. The van der Waals surface area contributed by atoms with Gasteiger partial charge in [0.15, 0.2) is 23.1 Å². The van der Waals surface area contributed by atoms with Gasteiger partial charge in [-0.2, -0.15) is 0 Å². The molecule has 2 aromatic carbocycles. The van der Waals surface area contributed by atoms with Crippen LogP contribution < -0.4 is 0 Å². The Morgan fingerprint density at radius 3 is 1.37 bits per heavy atom. The van der Waals surface area contributed by atoms with E-state index >= 15 is 0 Å². The molecule has 268 valence electrons. The van der Waals surface area contributed by atoms with Crippen molar-refractivity contribution in [1.82, 2.24) is 0 Å². The zero-order valence-corrected chi connectivity index (χ0v) is 28.8. The summed E-state index contributed by atoms with van der Waals surface area (Å²) in [5.74, 6) is -0.256. The van der Waals surface area contributed by atoms with Crippen LogP contribution in [0.25, 0.3) is 0 Å². The van der Waals surface area contributed by atoms with Gasteiger partial charge in [0.1, 0.15) is 24.4 Å². The summed E-state index contributed by atoms with van der Waals surface area (Å²) < 4.78 is 21.9. The number of ether oxygens (including phenoxy) is 2. The van der Waals surface area contributed by atoms with Gasteiger partial charge in [-0.25, -0.2) is 0 Å². The maximum Gasteiger partial charge on any atom is 0.229 e. The van der Waals surface area contributed by atoms with Crippen LogP contribution in [0.4, 0.5) is 0 Å². The Bertz CT molecular complexity index is 2130. The van der Waals surface area contributed by atoms with Crippen LogP contribution in [0, 0.1) is 0 Å². The van der Waals surface area contributed by atoms with Gasteiger partial charge in [-0.05, 0) is 48.9 Å². The Kier molecular flexibility index (Phi) is 7.03. The molecule has 0 amide bonds. The van der Waals surface area contributed by atoms with Gasteiger partial charge in [-0.3, -0.25) is 19.2 Å². The predicted molar refractivity (Wildman–Crippen MR) is 179 cm³/mol. The van der Waals surface area contributed by atoms with Crippen molar-refractivity contribution in [2.75, 3.05) is 14.2 Å². The molecule has 6 aliphatic rings. The molecule has 8 atom stereocenters. The molecule has 12 heteroatoms. The summed E-state index contributed by atoms with van der Waals surface area (Å²) in [6.07, 6.45) is -1.49. The normalized spacial score (nSPS) is 31.6. The molecule has 0 fully saturated rings. The van der Waals surface area contributed by atoms with Crippen molar-refractivity contribution < 1.29 is 57.9 Å². The van der Waals surface area contributed by atoms with E-state index in [0.29, 0.717) is 81.3 Å². The minimum atomic E-state index is -1.08. The number of aliphatic hydroxyl groups is 4. The number of aliphatic hydroxyl groups excluding tert-OH is 4. The highest BCUT2D eigenvalue weighted by Gasteiger charge is 2.59. The van der Waals surface area contributed by atoms with Gasteiger partial charge in [0, 0.05) is 71.6 Å². The molecule has 0 saturated carbocycles. The van der Waals surface area contributed by atoms with E-state index in [1.54, 1.807) is 24.3 Å². The summed E-state index contributed by atoms with van der Waals surface area (Å²) in [5.41, 5.74) is 4.87. The van der Waals surface area contributed by atoms with Crippen molar-refractivity contribution in [3.05, 3.63) is 115 Å². The molecule has 2 aromatic heterocycles. The summed E-state index contributed by atoms with van der Waals surface area (Å²) in [6, 6.07) is 6.99. The number of carbonyl (C=O) groups excluding carboxylic acids is 4. The molecule has 4 N–H and O–H groups in total. The summed E-state index contributed by atoms with van der Waals surface area (Å²) in [4.78, 5) is 50.6. The minimum Gasteiger partial charge on any atom is -0.460 e. The van der Waals surface area contributed by atoms with Crippen molar-refractivity contribution in [1.29, 1.82) is 0 Å². The van der Waals surface area contributed by atoms with E-state index in [4.69, 9.17) is 18.3 Å². The van der Waals surface area contributed by atoms with Gasteiger partial charge in [0.25, 0.3) is 0 Å². The van der Waals surface area contributed by atoms with E-state index in [2.05, 4.69) is 0 Å². The maximum atomic E-state index is 13.2. The number of methoxy groups -OCH3 is 2. The Balaban J connectivity index is 0.000000138. The first-order chi connectivity index (χ1) is 24.8. The van der Waals surface area contributed by atoms with E-state index in [0.717, 1.165) is 11.1 Å². The number of benzene rings is 2. The largest absolute Gasteiger partial charge is 0.460 e. The monoisotopic (exact) mass is 708 g/mol. The van der Waals surface area contributed by atoms with Crippen molar-refractivity contribution in [2.24, 2.45) is 0 Å². The Labute approximate surface area is 297 Å². The molecular weight excluding hydrogens is 672 g/mol. The molecule has 0 spiro atoms. The number of rotatable bonds is 2. The number of hydrogen-bond acceptors (Lipinski definition) is 12. The third-order valence-corrected chi connectivity index (χ3v) is 12.7. The lowest BCUT2D eigenvalue weighted by Gasteiger charge is -2.47. The first-order valence-electron chi connectivity index (χ1n) is 17.3. The molecule has 10 rings (SSSR count). The van der Waals surface area contributed by atoms with E-state index in [1.807, 2.05) is 13.8 Å². The fourth-order valence-corrected chi connectivity index (χ4v) is 10.0. The van der Waals surface area contributed by atoms with Crippen LogP contribution in [0.5, 0.6) is 0 Å². The Morgan fingerprint density at radius 2 is 1.00 bits per heavy atom. The van der Waals surface area contributed by atoms with E-state index in [9.17, 15) is 39.6 Å². The van der Waals surface area contributed by atoms with Gasteiger partial charge in [-0.1, -0.05) is 24.3 Å². The molecule has 6 aliphatic carbocycles. The van der Waals surface area contributed by atoms with Crippen LogP contribution in [0.2, 0.25) is 0 Å². The molecular formula is C40H36O12. The van der Waals surface area contributed by atoms with E-state index < -0.39 is 47.5 Å². The van der Waals surface area contributed by atoms with Crippen molar-refractivity contribution in [2.45, 2.75) is 87.0 Å². The smallest absolute Gasteiger partial charge is 0.229 e. The number of hydrogen-bond donors (Lipinski definition) is 4. The molecule has 0 aliphatic heterocycles. The quantitative estimate of drug-likeness (QED) is 0.238. The van der Waals surface area contributed by atoms with Gasteiger partial charge < -0.3 is 38.7 Å². The van der Waals surface area contributed by atoms with Crippen molar-refractivity contribution in [3.8, 4) is 0 Å².